The zero-order valence-corrected chi connectivity index (χ0v) is 18.9. The molecule has 0 unspecified atom stereocenters. The van der Waals surface area contributed by atoms with Crippen LogP contribution < -0.4 is 14.2 Å². The number of thioether (sulfide) groups is 1. The molecule has 0 radical (unpaired) electrons. The minimum Gasteiger partial charge on any atom is -0.493 e. The Morgan fingerprint density at radius 1 is 1.13 bits per heavy atom. The molecule has 2 aliphatic heterocycles. The van der Waals surface area contributed by atoms with E-state index in [1.807, 2.05) is 34.9 Å². The Kier molecular flexibility index (Phi) is 8.72. The summed E-state index contributed by atoms with van der Waals surface area (Å²) in [7, 11) is 4.74. The summed E-state index contributed by atoms with van der Waals surface area (Å²) in [6.07, 6.45) is 4.49. The van der Waals surface area contributed by atoms with Crippen LogP contribution in [0.1, 0.15) is 12.0 Å². The molecule has 1 atom stereocenters. The minimum atomic E-state index is 0.0458. The number of methoxy groups -OCH3 is 3. The fourth-order valence-corrected chi connectivity index (χ4v) is 4.87. The van der Waals surface area contributed by atoms with Gasteiger partial charge >= 0.3 is 0 Å². The Labute approximate surface area is 183 Å². The molecule has 166 valence electrons. The first kappa shape index (κ1) is 22.8. The third kappa shape index (κ3) is 5.83. The molecule has 7 nitrogen and oxygen atoms in total. The van der Waals surface area contributed by atoms with Crippen molar-refractivity contribution in [1.82, 2.24) is 9.80 Å². The van der Waals surface area contributed by atoms with Gasteiger partial charge < -0.3 is 23.8 Å². The molecular weight excluding hydrogens is 404 g/mol. The molecule has 0 saturated carbocycles. The lowest BCUT2D eigenvalue weighted by Gasteiger charge is -2.35. The highest BCUT2D eigenvalue weighted by atomic mass is 32.2. The normalized spacial score (nSPS) is 20.8. The van der Waals surface area contributed by atoms with Gasteiger partial charge in [-0.15, -0.1) is 0 Å². The fourth-order valence-electron chi connectivity index (χ4n) is 3.81. The molecule has 0 bridgehead atoms. The number of hydrogen-bond acceptors (Lipinski definition) is 7. The largest absolute Gasteiger partial charge is 0.493 e. The fraction of sp³-hybridized carbons (Fsp3) is 0.591. The molecule has 0 aliphatic carbocycles. The number of hydrogen-bond donors (Lipinski definition) is 0. The Balaban J connectivity index is 1.74. The number of amides is 1. The second kappa shape index (κ2) is 11.5. The smallest absolute Gasteiger partial charge is 0.246 e. The zero-order chi connectivity index (χ0) is 21.3. The number of carbonyl (C=O) groups excluding carboxylic acids is 1. The van der Waals surface area contributed by atoms with Gasteiger partial charge in [-0.1, -0.05) is 0 Å². The Morgan fingerprint density at radius 3 is 2.47 bits per heavy atom. The van der Waals surface area contributed by atoms with Crippen LogP contribution in [0.5, 0.6) is 17.2 Å². The summed E-state index contributed by atoms with van der Waals surface area (Å²) in [5, 5.41) is 0. The van der Waals surface area contributed by atoms with E-state index >= 15 is 0 Å². The number of morpholine rings is 1. The quantitative estimate of drug-likeness (QED) is 0.608. The molecule has 0 spiro atoms. The number of carbonyl (C=O) groups is 1. The van der Waals surface area contributed by atoms with Crippen LogP contribution >= 0.6 is 11.8 Å². The summed E-state index contributed by atoms with van der Waals surface area (Å²) in [6, 6.07) is 3.90. The van der Waals surface area contributed by atoms with Crippen LogP contribution in [0.4, 0.5) is 0 Å². The molecule has 2 fully saturated rings. The van der Waals surface area contributed by atoms with Gasteiger partial charge in [-0.05, 0) is 35.9 Å². The average Bonchev–Trinajstić information content (AvgIpc) is 3.02. The summed E-state index contributed by atoms with van der Waals surface area (Å²) >= 11 is 1.94. The van der Waals surface area contributed by atoms with Gasteiger partial charge in [0.05, 0.1) is 40.6 Å². The lowest BCUT2D eigenvalue weighted by molar-refractivity contribution is -0.128. The number of benzene rings is 1. The third-order valence-electron chi connectivity index (χ3n) is 5.40. The van der Waals surface area contributed by atoms with E-state index < -0.39 is 0 Å². The molecule has 1 aromatic rings. The number of nitrogens with zero attached hydrogens (tertiary/aromatic N) is 2. The maximum Gasteiger partial charge on any atom is 0.246 e. The van der Waals surface area contributed by atoms with Crippen molar-refractivity contribution in [2.24, 2.45) is 0 Å². The molecule has 30 heavy (non-hydrogen) atoms. The van der Waals surface area contributed by atoms with E-state index in [2.05, 4.69) is 4.90 Å². The summed E-state index contributed by atoms with van der Waals surface area (Å²) in [4.78, 5) is 17.5. The molecule has 2 heterocycles. The Morgan fingerprint density at radius 2 is 1.83 bits per heavy atom. The Hall–Kier alpha value is -1.90. The van der Waals surface area contributed by atoms with Crippen LogP contribution in [0.25, 0.3) is 6.08 Å². The maximum absolute atomic E-state index is 13.1. The molecule has 0 aromatic heterocycles. The van der Waals surface area contributed by atoms with Crippen LogP contribution in [0.2, 0.25) is 0 Å². The van der Waals surface area contributed by atoms with Gasteiger partial charge in [0.1, 0.15) is 0 Å². The van der Waals surface area contributed by atoms with Crippen molar-refractivity contribution in [3.05, 3.63) is 23.8 Å². The van der Waals surface area contributed by atoms with Crippen LogP contribution in [-0.2, 0) is 9.53 Å². The molecule has 2 aliphatic rings. The van der Waals surface area contributed by atoms with E-state index in [4.69, 9.17) is 18.9 Å². The van der Waals surface area contributed by atoms with E-state index in [9.17, 15) is 4.79 Å². The van der Waals surface area contributed by atoms with E-state index in [-0.39, 0.29) is 11.9 Å². The van der Waals surface area contributed by atoms with Crippen molar-refractivity contribution in [1.29, 1.82) is 0 Å². The molecule has 2 saturated heterocycles. The number of rotatable bonds is 7. The van der Waals surface area contributed by atoms with Crippen molar-refractivity contribution in [2.75, 3.05) is 72.2 Å². The average molecular weight is 437 g/mol. The SMILES string of the molecule is COc1cc(/C=C/C(=O)N2CCCSC[C@H]2CN2CCOCC2)cc(OC)c1OC. The van der Waals surface area contributed by atoms with Gasteiger partial charge in [-0.2, -0.15) is 11.8 Å². The van der Waals surface area contributed by atoms with Crippen LogP contribution in [0.15, 0.2) is 18.2 Å². The molecule has 0 N–H and O–H groups in total. The summed E-state index contributed by atoms with van der Waals surface area (Å²) in [6.45, 7) is 5.11. The highest BCUT2D eigenvalue weighted by Crippen LogP contribution is 2.38. The minimum absolute atomic E-state index is 0.0458. The molecule has 1 aromatic carbocycles. The van der Waals surface area contributed by atoms with Gasteiger partial charge in [-0.3, -0.25) is 9.69 Å². The van der Waals surface area contributed by atoms with Gasteiger partial charge in [0.2, 0.25) is 11.7 Å². The molecule has 1 amide bonds. The first-order valence-corrected chi connectivity index (χ1v) is 11.5. The third-order valence-corrected chi connectivity index (χ3v) is 6.60. The van der Waals surface area contributed by atoms with Crippen molar-refractivity contribution in [3.63, 3.8) is 0 Å². The predicted molar refractivity (Wildman–Crippen MR) is 120 cm³/mol. The van der Waals surface area contributed by atoms with Crippen molar-refractivity contribution in [2.45, 2.75) is 12.5 Å². The van der Waals surface area contributed by atoms with E-state index in [0.717, 1.165) is 62.9 Å². The van der Waals surface area contributed by atoms with Gasteiger partial charge in [0.25, 0.3) is 0 Å². The van der Waals surface area contributed by atoms with Crippen molar-refractivity contribution in [3.8, 4) is 17.2 Å². The lowest BCUT2D eigenvalue weighted by Crippen LogP contribution is -2.50. The molecule has 8 heteroatoms. The van der Waals surface area contributed by atoms with Gasteiger partial charge in [-0.25, -0.2) is 0 Å². The van der Waals surface area contributed by atoms with Crippen LogP contribution in [-0.4, -0.2) is 94.0 Å². The van der Waals surface area contributed by atoms with Gasteiger partial charge in [0, 0.05) is 38.0 Å². The highest BCUT2D eigenvalue weighted by Gasteiger charge is 2.27. The van der Waals surface area contributed by atoms with E-state index in [1.165, 1.54) is 0 Å². The zero-order valence-electron chi connectivity index (χ0n) is 18.1. The lowest BCUT2D eigenvalue weighted by atomic mass is 10.1. The predicted octanol–water partition coefficient (Wildman–Crippen LogP) is 2.39. The van der Waals surface area contributed by atoms with Crippen LogP contribution in [0, 0.1) is 0 Å². The number of ether oxygens (including phenoxy) is 4. The monoisotopic (exact) mass is 436 g/mol. The van der Waals surface area contributed by atoms with E-state index in [0.29, 0.717) is 17.2 Å². The standard InChI is InChI=1S/C22H32N2O5S/c1-26-19-13-17(14-20(27-2)22(19)28-3)5-6-21(25)24-7-4-12-30-16-18(24)15-23-8-10-29-11-9-23/h5-6,13-14,18H,4,7-12,15-16H2,1-3H3/b6-5+/t18-/m1/s1. The summed E-state index contributed by atoms with van der Waals surface area (Å²) < 4.78 is 21.6. The summed E-state index contributed by atoms with van der Waals surface area (Å²) in [5.41, 5.74) is 0.826. The second-order valence-electron chi connectivity index (χ2n) is 7.32. The topological polar surface area (TPSA) is 60.5 Å². The first-order valence-electron chi connectivity index (χ1n) is 10.3. The van der Waals surface area contributed by atoms with Crippen molar-refractivity contribution < 1.29 is 23.7 Å². The van der Waals surface area contributed by atoms with E-state index in [1.54, 1.807) is 27.4 Å². The first-order chi connectivity index (χ1) is 14.7. The Bertz CT molecular complexity index is 711. The molecule has 3 rings (SSSR count). The highest BCUT2D eigenvalue weighted by molar-refractivity contribution is 7.99. The second-order valence-corrected chi connectivity index (χ2v) is 8.47. The van der Waals surface area contributed by atoms with Gasteiger partial charge in [0.15, 0.2) is 11.5 Å². The maximum atomic E-state index is 13.1. The molecular formula is C22H32N2O5S. The summed E-state index contributed by atoms with van der Waals surface area (Å²) in [5.74, 6) is 3.80. The van der Waals surface area contributed by atoms with Crippen molar-refractivity contribution >= 4 is 23.7 Å². The van der Waals surface area contributed by atoms with Crippen LogP contribution in [0.3, 0.4) is 0 Å².